The summed E-state index contributed by atoms with van der Waals surface area (Å²) in [5.74, 6) is -0.114. The van der Waals surface area contributed by atoms with Crippen molar-refractivity contribution >= 4 is 11.6 Å². The van der Waals surface area contributed by atoms with E-state index < -0.39 is 5.97 Å². The predicted molar refractivity (Wildman–Crippen MR) is 83.4 cm³/mol. The van der Waals surface area contributed by atoms with Gasteiger partial charge in [-0.2, -0.15) is 0 Å². The number of carboxylic acids is 1. The number of hydrogen-bond acceptors (Lipinski definition) is 3. The summed E-state index contributed by atoms with van der Waals surface area (Å²) in [5.41, 5.74) is 2.71. The second-order valence-corrected chi connectivity index (χ2v) is 4.99. The van der Waals surface area contributed by atoms with Gasteiger partial charge in [0.05, 0.1) is 17.9 Å². The van der Waals surface area contributed by atoms with Crippen LogP contribution in [-0.2, 0) is 0 Å². The van der Waals surface area contributed by atoms with Crippen LogP contribution in [0.1, 0.15) is 23.7 Å². The Bertz CT molecular complexity index is 806. The van der Waals surface area contributed by atoms with E-state index in [2.05, 4.69) is 11.9 Å². The number of carboxylic acid groups (broad SMARTS) is 1. The first-order valence-electron chi connectivity index (χ1n) is 7.12. The highest BCUT2D eigenvalue weighted by Crippen LogP contribution is 2.22. The fourth-order valence-corrected chi connectivity index (χ4v) is 2.20. The number of benzene rings is 1. The lowest BCUT2D eigenvalue weighted by Crippen LogP contribution is -1.97. The van der Waals surface area contributed by atoms with E-state index in [1.54, 1.807) is 22.7 Å². The predicted octanol–water partition coefficient (Wildman–Crippen LogP) is 3.49. The monoisotopic (exact) mass is 296 g/mol. The normalized spacial score (nSPS) is 10.8. The summed E-state index contributed by atoms with van der Waals surface area (Å²) in [6, 6.07) is 11.0. The van der Waals surface area contributed by atoms with Crippen LogP contribution in [0, 0.1) is 0 Å². The molecule has 5 nitrogen and oxygen atoms in total. The molecule has 0 radical (unpaired) electrons. The van der Waals surface area contributed by atoms with Crippen LogP contribution in [0.3, 0.4) is 0 Å². The lowest BCUT2D eigenvalue weighted by atomic mass is 10.2. The third kappa shape index (κ3) is 2.79. The summed E-state index contributed by atoms with van der Waals surface area (Å²) >= 11 is 0. The molecule has 112 valence electrons. The summed E-state index contributed by atoms with van der Waals surface area (Å²) in [7, 11) is 0. The smallest absolute Gasteiger partial charge is 0.337 e. The second kappa shape index (κ2) is 5.89. The van der Waals surface area contributed by atoms with Crippen molar-refractivity contribution in [2.45, 2.75) is 13.3 Å². The molecule has 1 aromatic carbocycles. The van der Waals surface area contributed by atoms with Crippen molar-refractivity contribution in [2.24, 2.45) is 0 Å². The molecule has 1 N–H and O–H groups in total. The minimum absolute atomic E-state index is 0.236. The number of imidazole rings is 1. The van der Waals surface area contributed by atoms with Crippen molar-refractivity contribution in [1.82, 2.24) is 9.38 Å². The van der Waals surface area contributed by atoms with Crippen molar-refractivity contribution in [3.63, 3.8) is 0 Å². The molecule has 0 bridgehead atoms. The Labute approximate surface area is 127 Å². The van der Waals surface area contributed by atoms with Crippen molar-refractivity contribution in [1.29, 1.82) is 0 Å². The van der Waals surface area contributed by atoms with Gasteiger partial charge in [-0.3, -0.25) is 0 Å². The number of nitrogens with zero attached hydrogens (tertiary/aromatic N) is 2. The molecule has 0 fully saturated rings. The zero-order valence-electron chi connectivity index (χ0n) is 12.2. The summed E-state index contributed by atoms with van der Waals surface area (Å²) in [4.78, 5) is 15.5. The van der Waals surface area contributed by atoms with Crippen molar-refractivity contribution < 1.29 is 14.6 Å². The molecule has 3 aromatic rings. The molecule has 0 unspecified atom stereocenters. The first-order chi connectivity index (χ1) is 10.7. The van der Waals surface area contributed by atoms with Crippen LogP contribution in [0.4, 0.5) is 0 Å². The highest BCUT2D eigenvalue weighted by atomic mass is 16.5. The highest BCUT2D eigenvalue weighted by molar-refractivity contribution is 5.87. The highest BCUT2D eigenvalue weighted by Gasteiger charge is 2.08. The van der Waals surface area contributed by atoms with Crippen LogP contribution < -0.4 is 4.74 Å². The third-order valence-corrected chi connectivity index (χ3v) is 3.32. The van der Waals surface area contributed by atoms with E-state index >= 15 is 0 Å². The van der Waals surface area contributed by atoms with E-state index in [0.717, 1.165) is 23.4 Å². The Kier molecular flexibility index (Phi) is 3.78. The van der Waals surface area contributed by atoms with Gasteiger partial charge in [-0.05, 0) is 42.8 Å². The standard InChI is InChI=1S/C17H16N2O3/c1-2-9-22-14-6-3-12(4-7-14)15-11-19-10-13(17(20)21)5-8-16(19)18-15/h3-8,10-11H,2,9H2,1H3,(H,20,21). The van der Waals surface area contributed by atoms with Crippen molar-refractivity contribution in [3.8, 4) is 17.0 Å². The molecule has 2 aromatic heterocycles. The molecule has 0 atom stereocenters. The molecule has 0 saturated carbocycles. The number of aromatic nitrogens is 2. The second-order valence-electron chi connectivity index (χ2n) is 4.99. The molecule has 5 heteroatoms. The van der Waals surface area contributed by atoms with Gasteiger partial charge in [0.15, 0.2) is 0 Å². The van der Waals surface area contributed by atoms with E-state index in [1.165, 1.54) is 0 Å². The maximum absolute atomic E-state index is 11.0. The van der Waals surface area contributed by atoms with Crippen LogP contribution in [0.25, 0.3) is 16.9 Å². The molecule has 0 aliphatic rings. The molecule has 22 heavy (non-hydrogen) atoms. The average molecular weight is 296 g/mol. The summed E-state index contributed by atoms with van der Waals surface area (Å²) in [6.45, 7) is 2.77. The zero-order valence-corrected chi connectivity index (χ0v) is 12.2. The molecule has 0 amide bonds. The fourth-order valence-electron chi connectivity index (χ4n) is 2.20. The summed E-state index contributed by atoms with van der Waals surface area (Å²) in [6.07, 6.45) is 4.36. The number of carbonyl (C=O) groups is 1. The van der Waals surface area contributed by atoms with Gasteiger partial charge < -0.3 is 14.2 Å². The number of aromatic carboxylic acids is 1. The SMILES string of the molecule is CCCOc1ccc(-c2cn3cc(C(=O)O)ccc3n2)cc1. The fraction of sp³-hybridized carbons (Fsp3) is 0.176. The van der Waals surface area contributed by atoms with Gasteiger partial charge in [0, 0.05) is 18.0 Å². The van der Waals surface area contributed by atoms with E-state index in [4.69, 9.17) is 9.84 Å². The molecular formula is C17H16N2O3. The van der Waals surface area contributed by atoms with Gasteiger partial charge in [-0.25, -0.2) is 9.78 Å². The number of rotatable bonds is 5. The van der Waals surface area contributed by atoms with Gasteiger partial charge in [0.1, 0.15) is 11.4 Å². The molecular weight excluding hydrogens is 280 g/mol. The molecule has 2 heterocycles. The number of pyridine rings is 1. The average Bonchev–Trinajstić information content (AvgIpc) is 2.96. The van der Waals surface area contributed by atoms with E-state index in [0.29, 0.717) is 12.3 Å². The van der Waals surface area contributed by atoms with E-state index in [9.17, 15) is 4.79 Å². The summed E-state index contributed by atoms with van der Waals surface area (Å²) in [5, 5.41) is 9.02. The van der Waals surface area contributed by atoms with Crippen LogP contribution in [0.2, 0.25) is 0 Å². The minimum Gasteiger partial charge on any atom is -0.494 e. The van der Waals surface area contributed by atoms with Gasteiger partial charge in [-0.15, -0.1) is 0 Å². The summed E-state index contributed by atoms with van der Waals surface area (Å²) < 4.78 is 7.28. The molecule has 3 rings (SSSR count). The maximum Gasteiger partial charge on any atom is 0.337 e. The van der Waals surface area contributed by atoms with Crippen LogP contribution in [-0.4, -0.2) is 27.1 Å². The quantitative estimate of drug-likeness (QED) is 0.782. The largest absolute Gasteiger partial charge is 0.494 e. The minimum atomic E-state index is -0.949. The molecule has 0 saturated heterocycles. The lowest BCUT2D eigenvalue weighted by Gasteiger charge is -2.04. The zero-order chi connectivity index (χ0) is 15.5. The van der Waals surface area contributed by atoms with Gasteiger partial charge in [-0.1, -0.05) is 6.92 Å². The third-order valence-electron chi connectivity index (χ3n) is 3.32. The Morgan fingerprint density at radius 2 is 1.95 bits per heavy atom. The van der Waals surface area contributed by atoms with Gasteiger partial charge in [0.25, 0.3) is 0 Å². The number of fused-ring (bicyclic) bond motifs is 1. The number of hydrogen-bond donors (Lipinski definition) is 1. The maximum atomic E-state index is 11.0. The first kappa shape index (κ1) is 14.1. The Morgan fingerprint density at radius 1 is 1.18 bits per heavy atom. The van der Waals surface area contributed by atoms with Crippen molar-refractivity contribution in [3.05, 3.63) is 54.4 Å². The van der Waals surface area contributed by atoms with Crippen LogP contribution in [0.5, 0.6) is 5.75 Å². The Hall–Kier alpha value is -2.82. The Balaban J connectivity index is 1.91. The van der Waals surface area contributed by atoms with E-state index in [-0.39, 0.29) is 5.56 Å². The topological polar surface area (TPSA) is 63.8 Å². The van der Waals surface area contributed by atoms with E-state index in [1.807, 2.05) is 30.5 Å². The van der Waals surface area contributed by atoms with Gasteiger partial charge >= 0.3 is 5.97 Å². The van der Waals surface area contributed by atoms with Crippen LogP contribution >= 0.6 is 0 Å². The molecule has 0 aliphatic carbocycles. The van der Waals surface area contributed by atoms with Crippen molar-refractivity contribution in [2.75, 3.05) is 6.61 Å². The van der Waals surface area contributed by atoms with Gasteiger partial charge in [0.2, 0.25) is 0 Å². The van der Waals surface area contributed by atoms with Crippen LogP contribution in [0.15, 0.2) is 48.8 Å². The molecule has 0 aliphatic heterocycles. The first-order valence-corrected chi connectivity index (χ1v) is 7.12. The number of ether oxygens (including phenoxy) is 1. The Morgan fingerprint density at radius 3 is 2.64 bits per heavy atom. The molecule has 0 spiro atoms. The lowest BCUT2D eigenvalue weighted by molar-refractivity contribution is 0.0696.